The number of benzene rings is 2. The zero-order chi connectivity index (χ0) is 17.6. The molecule has 0 aromatic heterocycles. The van der Waals surface area contributed by atoms with Gasteiger partial charge in [0.2, 0.25) is 5.91 Å². The molecule has 128 valence electrons. The number of hydrogen-bond donors (Lipinski definition) is 2. The van der Waals surface area contributed by atoms with Crippen LogP contribution in [0.2, 0.25) is 5.02 Å². The molecule has 2 N–H and O–H groups in total. The number of fused-ring (bicyclic) bond motifs is 1. The number of nitrogens with one attached hydrogen (secondary N) is 2. The molecule has 2 fully saturated rings. The number of carbonyl (C=O) groups excluding carboxylic acids is 2. The van der Waals surface area contributed by atoms with Gasteiger partial charge < -0.3 is 15.4 Å². The molecule has 5 nitrogen and oxygen atoms in total. The van der Waals surface area contributed by atoms with Gasteiger partial charge in [0.05, 0.1) is 23.2 Å². The van der Waals surface area contributed by atoms with E-state index in [9.17, 15) is 9.59 Å². The quantitative estimate of drug-likeness (QED) is 0.852. The van der Waals surface area contributed by atoms with Crippen LogP contribution in [0.25, 0.3) is 0 Å². The molecule has 0 spiro atoms. The average molecular weight is 357 g/mol. The molecular weight excluding hydrogens is 340 g/mol. The first-order valence-electron chi connectivity index (χ1n) is 8.08. The zero-order valence-corrected chi connectivity index (χ0v) is 14.4. The molecule has 4 rings (SSSR count). The number of methoxy groups -OCH3 is 1. The summed E-state index contributed by atoms with van der Waals surface area (Å²) in [6, 6.07) is 11.9. The third-order valence-electron chi connectivity index (χ3n) is 4.94. The van der Waals surface area contributed by atoms with Gasteiger partial charge in [0.1, 0.15) is 5.75 Å². The summed E-state index contributed by atoms with van der Waals surface area (Å²) >= 11 is 6.18. The van der Waals surface area contributed by atoms with Crippen LogP contribution in [-0.2, 0) is 4.79 Å². The number of halogens is 1. The first kappa shape index (κ1) is 16.0. The summed E-state index contributed by atoms with van der Waals surface area (Å²) in [4.78, 5) is 24.6. The smallest absolute Gasteiger partial charge is 0.255 e. The molecule has 2 aliphatic carbocycles. The maximum absolute atomic E-state index is 12.4. The van der Waals surface area contributed by atoms with Gasteiger partial charge in [0.15, 0.2) is 0 Å². The summed E-state index contributed by atoms with van der Waals surface area (Å²) in [6.45, 7) is 0. The Bertz CT molecular complexity index is 875. The average Bonchev–Trinajstić information content (AvgIpc) is 3.48. The topological polar surface area (TPSA) is 67.4 Å². The van der Waals surface area contributed by atoms with E-state index in [4.69, 9.17) is 16.3 Å². The van der Waals surface area contributed by atoms with Crippen LogP contribution in [0.3, 0.4) is 0 Å². The maximum atomic E-state index is 12.4. The molecule has 2 aromatic rings. The van der Waals surface area contributed by atoms with E-state index in [2.05, 4.69) is 10.6 Å². The van der Waals surface area contributed by atoms with Gasteiger partial charge in [-0.1, -0.05) is 17.7 Å². The Morgan fingerprint density at radius 1 is 1.16 bits per heavy atom. The predicted octanol–water partition coefficient (Wildman–Crippen LogP) is 3.95. The fraction of sp³-hybridized carbons (Fsp3) is 0.263. The monoisotopic (exact) mass is 356 g/mol. The molecule has 25 heavy (non-hydrogen) atoms. The van der Waals surface area contributed by atoms with Crippen molar-refractivity contribution in [1.29, 1.82) is 0 Å². The van der Waals surface area contributed by atoms with Gasteiger partial charge >= 0.3 is 0 Å². The molecular formula is C19H17ClN2O3. The number of carbonyl (C=O) groups is 2. The van der Waals surface area contributed by atoms with Crippen LogP contribution in [0.5, 0.6) is 5.75 Å². The van der Waals surface area contributed by atoms with Gasteiger partial charge in [0.25, 0.3) is 5.91 Å². The van der Waals surface area contributed by atoms with Crippen molar-refractivity contribution >= 4 is 34.8 Å². The van der Waals surface area contributed by atoms with Crippen molar-refractivity contribution in [3.05, 3.63) is 53.1 Å². The highest BCUT2D eigenvalue weighted by molar-refractivity contribution is 6.34. The van der Waals surface area contributed by atoms with Crippen LogP contribution in [-0.4, -0.2) is 18.9 Å². The molecule has 6 heteroatoms. The molecule has 0 heterocycles. The van der Waals surface area contributed by atoms with Crippen LogP contribution in [0.15, 0.2) is 42.5 Å². The van der Waals surface area contributed by atoms with Gasteiger partial charge in [0, 0.05) is 11.3 Å². The summed E-state index contributed by atoms with van der Waals surface area (Å²) in [7, 11) is 1.55. The maximum Gasteiger partial charge on any atom is 0.255 e. The lowest BCUT2D eigenvalue weighted by atomic mass is 10.2. The fourth-order valence-electron chi connectivity index (χ4n) is 2.99. The molecule has 2 amide bonds. The van der Waals surface area contributed by atoms with Crippen LogP contribution >= 0.6 is 11.6 Å². The second kappa shape index (κ2) is 5.77. The van der Waals surface area contributed by atoms with Crippen LogP contribution in [0.1, 0.15) is 23.2 Å². The number of amides is 2. The molecule has 2 aromatic carbocycles. The SMILES string of the molecule is COc1cccc(C(=O)Nc2cc(NC(=O)C34CC3C4)ccc2Cl)c1. The van der Waals surface area contributed by atoms with Crippen molar-refractivity contribution in [2.75, 3.05) is 17.7 Å². The summed E-state index contributed by atoms with van der Waals surface area (Å²) in [5.41, 5.74) is 1.43. The molecule has 0 unspecified atom stereocenters. The molecule has 2 aliphatic rings. The van der Waals surface area contributed by atoms with Gasteiger partial charge in [-0.25, -0.2) is 0 Å². The molecule has 0 radical (unpaired) electrons. The van der Waals surface area contributed by atoms with E-state index < -0.39 is 0 Å². The van der Waals surface area contributed by atoms with Crippen LogP contribution < -0.4 is 15.4 Å². The zero-order valence-electron chi connectivity index (χ0n) is 13.6. The Kier molecular flexibility index (Phi) is 3.69. The lowest BCUT2D eigenvalue weighted by Crippen LogP contribution is -2.18. The van der Waals surface area contributed by atoms with Crippen molar-refractivity contribution in [2.24, 2.45) is 11.3 Å². The normalized spacial score (nSPS) is 22.6. The van der Waals surface area contributed by atoms with E-state index >= 15 is 0 Å². The highest BCUT2D eigenvalue weighted by atomic mass is 35.5. The third kappa shape index (κ3) is 2.96. The van der Waals surface area contributed by atoms with Crippen molar-refractivity contribution < 1.29 is 14.3 Å². The Labute approximate surface area is 150 Å². The Balaban J connectivity index is 1.50. The molecule has 0 saturated heterocycles. The summed E-state index contributed by atoms with van der Waals surface area (Å²) in [5, 5.41) is 6.10. The molecule has 0 aliphatic heterocycles. The van der Waals surface area contributed by atoms with Gasteiger partial charge in [-0.3, -0.25) is 9.59 Å². The standard InChI is InChI=1S/C19H17ClN2O3/c1-25-14-4-2-3-11(7-14)17(23)22-16-8-13(5-6-15(16)20)21-18(24)19-9-12(19)10-19/h2-8,12H,9-10H2,1H3,(H,21,24)(H,22,23). The first-order valence-corrected chi connectivity index (χ1v) is 8.46. The second-order valence-corrected chi connectivity index (χ2v) is 7.00. The van der Waals surface area contributed by atoms with E-state index in [1.807, 2.05) is 0 Å². The summed E-state index contributed by atoms with van der Waals surface area (Å²) in [6.07, 6.45) is 1.98. The van der Waals surface area contributed by atoms with Gasteiger partial charge in [-0.15, -0.1) is 0 Å². The minimum absolute atomic E-state index is 0.0601. The third-order valence-corrected chi connectivity index (χ3v) is 5.27. The molecule has 2 saturated carbocycles. The van der Waals surface area contributed by atoms with E-state index in [1.165, 1.54) is 0 Å². The largest absolute Gasteiger partial charge is 0.497 e. The predicted molar refractivity (Wildman–Crippen MR) is 96.2 cm³/mol. The Morgan fingerprint density at radius 3 is 2.60 bits per heavy atom. The van der Waals surface area contributed by atoms with Crippen molar-refractivity contribution in [3.63, 3.8) is 0 Å². The lowest BCUT2D eigenvalue weighted by molar-refractivity contribution is -0.119. The number of anilines is 2. The van der Waals surface area contributed by atoms with Crippen LogP contribution in [0.4, 0.5) is 11.4 Å². The van der Waals surface area contributed by atoms with E-state index in [-0.39, 0.29) is 17.2 Å². The molecule has 0 atom stereocenters. The van der Waals surface area contributed by atoms with Crippen molar-refractivity contribution in [2.45, 2.75) is 12.8 Å². The van der Waals surface area contributed by atoms with Gasteiger partial charge in [-0.05, 0) is 55.2 Å². The van der Waals surface area contributed by atoms with Crippen molar-refractivity contribution in [1.82, 2.24) is 0 Å². The van der Waals surface area contributed by atoms with Crippen LogP contribution in [0, 0.1) is 11.3 Å². The highest BCUT2D eigenvalue weighted by Gasteiger charge is 2.74. The molecule has 0 bridgehead atoms. The van der Waals surface area contributed by atoms with E-state index in [0.29, 0.717) is 33.6 Å². The highest BCUT2D eigenvalue weighted by Crippen LogP contribution is 2.75. The van der Waals surface area contributed by atoms with Gasteiger partial charge in [-0.2, -0.15) is 0 Å². The van der Waals surface area contributed by atoms with Crippen molar-refractivity contribution in [3.8, 4) is 5.75 Å². The number of hydrogen-bond acceptors (Lipinski definition) is 3. The Morgan fingerprint density at radius 2 is 1.92 bits per heavy atom. The number of rotatable bonds is 5. The number of ether oxygens (including phenoxy) is 1. The second-order valence-electron chi connectivity index (χ2n) is 6.60. The minimum Gasteiger partial charge on any atom is -0.497 e. The fourth-order valence-corrected chi connectivity index (χ4v) is 3.15. The minimum atomic E-state index is -0.299. The van der Waals surface area contributed by atoms with E-state index in [1.54, 1.807) is 49.6 Å². The lowest BCUT2D eigenvalue weighted by Gasteiger charge is -2.12. The van der Waals surface area contributed by atoms with E-state index in [0.717, 1.165) is 12.8 Å². The first-order chi connectivity index (χ1) is 12.0. The Hall–Kier alpha value is -2.53. The summed E-state index contributed by atoms with van der Waals surface area (Å²) in [5.74, 6) is 0.937. The summed E-state index contributed by atoms with van der Waals surface area (Å²) < 4.78 is 5.13.